The second kappa shape index (κ2) is 5.87. The first-order chi connectivity index (χ1) is 11.6. The highest BCUT2D eigenvalue weighted by molar-refractivity contribution is 6.03. The fourth-order valence-corrected chi connectivity index (χ4v) is 3.22. The second-order valence-electron chi connectivity index (χ2n) is 5.96. The van der Waals surface area contributed by atoms with Crippen molar-refractivity contribution in [3.63, 3.8) is 0 Å². The zero-order chi connectivity index (χ0) is 18.4. The molecule has 2 heterocycles. The van der Waals surface area contributed by atoms with E-state index in [9.17, 15) is 27.2 Å². The Hall–Kier alpha value is -2.36. The van der Waals surface area contributed by atoms with E-state index in [4.69, 9.17) is 5.11 Å². The molecule has 0 aliphatic carbocycles. The molecule has 0 bridgehead atoms. The topological polar surface area (TPSA) is 78.9 Å². The minimum absolute atomic E-state index is 0.0137. The largest absolute Gasteiger partial charge is 0.573 e. The van der Waals surface area contributed by atoms with E-state index in [0.29, 0.717) is 6.54 Å². The number of hydrogen-bond donors (Lipinski definition) is 2. The smallest absolute Gasteiger partial charge is 0.478 e. The summed E-state index contributed by atoms with van der Waals surface area (Å²) in [6.07, 6.45) is -5.12. The number of nitrogens with zero attached hydrogens (tertiary/aromatic N) is 1. The number of carbonyl (C=O) groups excluding carboxylic acids is 1. The molecule has 1 amide bonds. The number of benzene rings is 1. The van der Waals surface area contributed by atoms with Crippen LogP contribution in [0.1, 0.15) is 16.8 Å². The van der Waals surface area contributed by atoms with E-state index in [0.717, 1.165) is 17.0 Å². The third-order valence-electron chi connectivity index (χ3n) is 4.44. The molecule has 6 nitrogen and oxygen atoms in total. The van der Waals surface area contributed by atoms with Crippen LogP contribution < -0.4 is 15.0 Å². The van der Waals surface area contributed by atoms with E-state index < -0.39 is 41.1 Å². The lowest BCUT2D eigenvalue weighted by molar-refractivity contribution is -0.274. The number of halogens is 4. The SMILES string of the molecule is O=C(O)c1ccc(N2C[C@@H]3CNCC[C@]3(F)C2=O)cc1OC(F)(F)F. The van der Waals surface area contributed by atoms with Crippen molar-refractivity contribution in [1.82, 2.24) is 5.32 Å². The van der Waals surface area contributed by atoms with Crippen LogP contribution in [0.3, 0.4) is 0 Å². The van der Waals surface area contributed by atoms with Gasteiger partial charge in [-0.25, -0.2) is 9.18 Å². The van der Waals surface area contributed by atoms with Crippen LogP contribution in [0.4, 0.5) is 23.2 Å². The minimum atomic E-state index is -5.10. The van der Waals surface area contributed by atoms with Gasteiger partial charge in [0.1, 0.15) is 11.3 Å². The highest BCUT2D eigenvalue weighted by atomic mass is 19.4. The number of rotatable bonds is 3. The molecule has 2 atom stereocenters. The molecule has 2 aliphatic heterocycles. The van der Waals surface area contributed by atoms with E-state index in [2.05, 4.69) is 10.1 Å². The third-order valence-corrected chi connectivity index (χ3v) is 4.44. The minimum Gasteiger partial charge on any atom is -0.478 e. The molecular weight excluding hydrogens is 348 g/mol. The van der Waals surface area contributed by atoms with Crippen molar-refractivity contribution >= 4 is 17.6 Å². The van der Waals surface area contributed by atoms with Crippen LogP contribution in [0.25, 0.3) is 0 Å². The molecule has 25 heavy (non-hydrogen) atoms. The molecule has 2 saturated heterocycles. The van der Waals surface area contributed by atoms with Gasteiger partial charge in [-0.15, -0.1) is 13.2 Å². The Kier molecular flexibility index (Phi) is 4.10. The first-order valence-corrected chi connectivity index (χ1v) is 7.46. The van der Waals surface area contributed by atoms with E-state index >= 15 is 0 Å². The van der Waals surface area contributed by atoms with Crippen molar-refractivity contribution in [2.45, 2.75) is 18.5 Å². The van der Waals surface area contributed by atoms with Gasteiger partial charge >= 0.3 is 12.3 Å². The second-order valence-corrected chi connectivity index (χ2v) is 5.96. The summed E-state index contributed by atoms with van der Waals surface area (Å²) in [5.74, 6) is -4.02. The standard InChI is InChI=1S/C15H14F4N2O4/c16-14-3-4-20-6-8(14)7-21(13(14)24)9-1-2-10(12(22)23)11(5-9)25-15(17,18)19/h1-2,5,8,20H,3-4,6-7H2,(H,22,23)/t8-,14+/m0/s1. The molecule has 136 valence electrons. The summed E-state index contributed by atoms with van der Waals surface area (Å²) >= 11 is 0. The Morgan fingerprint density at radius 1 is 1.40 bits per heavy atom. The molecule has 0 spiro atoms. The lowest BCUT2D eigenvalue weighted by Gasteiger charge is -2.29. The molecule has 0 unspecified atom stereocenters. The quantitative estimate of drug-likeness (QED) is 0.804. The number of ether oxygens (including phenoxy) is 1. The number of piperidine rings is 1. The highest BCUT2D eigenvalue weighted by Gasteiger charge is 2.56. The van der Waals surface area contributed by atoms with Gasteiger partial charge in [-0.05, 0) is 18.7 Å². The highest BCUT2D eigenvalue weighted by Crippen LogP contribution is 2.41. The van der Waals surface area contributed by atoms with Gasteiger partial charge in [-0.3, -0.25) is 4.79 Å². The zero-order valence-corrected chi connectivity index (χ0v) is 12.8. The number of anilines is 1. The van der Waals surface area contributed by atoms with Gasteiger partial charge in [0.25, 0.3) is 5.91 Å². The number of alkyl halides is 4. The van der Waals surface area contributed by atoms with Crippen LogP contribution in [-0.4, -0.2) is 48.6 Å². The van der Waals surface area contributed by atoms with Gasteiger partial charge in [0.15, 0.2) is 5.67 Å². The molecule has 2 aliphatic rings. The fourth-order valence-electron chi connectivity index (χ4n) is 3.22. The Labute approximate surface area is 139 Å². The van der Waals surface area contributed by atoms with Crippen molar-refractivity contribution in [2.24, 2.45) is 5.92 Å². The van der Waals surface area contributed by atoms with Gasteiger partial charge in [0.05, 0.1) is 0 Å². The average molecular weight is 362 g/mol. The molecule has 0 radical (unpaired) electrons. The van der Waals surface area contributed by atoms with Crippen LogP contribution in [0, 0.1) is 5.92 Å². The molecule has 1 aromatic carbocycles. The van der Waals surface area contributed by atoms with Gasteiger partial charge < -0.3 is 20.1 Å². The van der Waals surface area contributed by atoms with Crippen LogP contribution in [0.15, 0.2) is 18.2 Å². The van der Waals surface area contributed by atoms with Gasteiger partial charge in [0.2, 0.25) is 0 Å². The molecule has 0 saturated carbocycles. The molecule has 2 N–H and O–H groups in total. The number of nitrogens with one attached hydrogen (secondary N) is 1. The molecule has 2 fully saturated rings. The summed E-state index contributed by atoms with van der Waals surface area (Å²) in [5.41, 5.74) is -2.82. The first kappa shape index (κ1) is 17.5. The van der Waals surface area contributed by atoms with Crippen LogP contribution in [0.5, 0.6) is 5.75 Å². The van der Waals surface area contributed by atoms with Crippen LogP contribution in [-0.2, 0) is 4.79 Å². The van der Waals surface area contributed by atoms with Crippen LogP contribution >= 0.6 is 0 Å². The van der Waals surface area contributed by atoms with Crippen molar-refractivity contribution in [1.29, 1.82) is 0 Å². The van der Waals surface area contributed by atoms with Gasteiger partial charge in [-0.1, -0.05) is 0 Å². The van der Waals surface area contributed by atoms with Crippen molar-refractivity contribution in [3.8, 4) is 5.75 Å². The number of carboxylic acid groups (broad SMARTS) is 1. The maximum absolute atomic E-state index is 14.9. The van der Waals surface area contributed by atoms with E-state index in [-0.39, 0.29) is 25.2 Å². The average Bonchev–Trinajstić information content (AvgIpc) is 2.77. The number of hydrogen-bond acceptors (Lipinski definition) is 4. The Morgan fingerprint density at radius 2 is 2.12 bits per heavy atom. The molecule has 10 heteroatoms. The normalized spacial score (nSPS) is 26.5. The summed E-state index contributed by atoms with van der Waals surface area (Å²) in [5, 5.41) is 12.0. The number of aromatic carboxylic acids is 1. The Balaban J connectivity index is 1.96. The number of fused-ring (bicyclic) bond motifs is 1. The number of carboxylic acids is 1. The third kappa shape index (κ3) is 3.13. The summed E-state index contributed by atoms with van der Waals surface area (Å²) in [7, 11) is 0. The van der Waals surface area contributed by atoms with E-state index in [1.165, 1.54) is 6.07 Å². The number of amides is 1. The Bertz CT molecular complexity index is 724. The maximum Gasteiger partial charge on any atom is 0.573 e. The van der Waals surface area contributed by atoms with Gasteiger partial charge in [-0.2, -0.15) is 0 Å². The lowest BCUT2D eigenvalue weighted by atomic mass is 9.86. The summed E-state index contributed by atoms with van der Waals surface area (Å²) in [4.78, 5) is 24.5. The van der Waals surface area contributed by atoms with Crippen molar-refractivity contribution in [2.75, 3.05) is 24.5 Å². The fraction of sp³-hybridized carbons (Fsp3) is 0.467. The summed E-state index contributed by atoms with van der Waals surface area (Å²) < 4.78 is 56.2. The predicted octanol–water partition coefficient (Wildman–Crippen LogP) is 1.95. The predicted molar refractivity (Wildman–Crippen MR) is 77.3 cm³/mol. The monoisotopic (exact) mass is 362 g/mol. The van der Waals surface area contributed by atoms with Gasteiger partial charge in [0, 0.05) is 37.2 Å². The maximum atomic E-state index is 14.9. The lowest BCUT2D eigenvalue weighted by Crippen LogP contribution is -2.49. The summed E-state index contributed by atoms with van der Waals surface area (Å²) in [6, 6.07) is 2.86. The molecule has 0 aromatic heterocycles. The zero-order valence-electron chi connectivity index (χ0n) is 12.8. The molecular formula is C15H14F4N2O4. The van der Waals surface area contributed by atoms with Crippen LogP contribution in [0.2, 0.25) is 0 Å². The van der Waals surface area contributed by atoms with E-state index in [1.807, 2.05) is 0 Å². The molecule has 1 aromatic rings. The Morgan fingerprint density at radius 3 is 2.72 bits per heavy atom. The summed E-state index contributed by atoms with van der Waals surface area (Å²) in [6.45, 7) is 0.588. The number of carbonyl (C=O) groups is 2. The first-order valence-electron chi connectivity index (χ1n) is 7.46. The molecule has 3 rings (SSSR count). The van der Waals surface area contributed by atoms with E-state index in [1.54, 1.807) is 0 Å². The van der Waals surface area contributed by atoms with Crippen molar-refractivity contribution in [3.05, 3.63) is 23.8 Å². The van der Waals surface area contributed by atoms with Crippen molar-refractivity contribution < 1.29 is 37.0 Å².